The number of aryl methyl sites for hydroxylation is 1. The highest BCUT2D eigenvalue weighted by Crippen LogP contribution is 2.25. The number of ketones is 1. The van der Waals surface area contributed by atoms with Crippen LogP contribution in [-0.2, 0) is 6.42 Å². The lowest BCUT2D eigenvalue weighted by Gasteiger charge is -2.02. The highest BCUT2D eigenvalue weighted by Gasteiger charge is 2.13. The van der Waals surface area contributed by atoms with Crippen molar-refractivity contribution in [1.29, 1.82) is 0 Å². The average Bonchev–Trinajstić information content (AvgIpc) is 2.98. The van der Waals surface area contributed by atoms with Crippen molar-refractivity contribution in [3.63, 3.8) is 0 Å². The van der Waals surface area contributed by atoms with E-state index >= 15 is 0 Å². The molecule has 0 atom stereocenters. The van der Waals surface area contributed by atoms with Gasteiger partial charge < -0.3 is 4.98 Å². The SMILES string of the molecule is CCc1cccc2c(C(=O)CSc3ccc(F)cc3)c[nH]c12. The minimum Gasteiger partial charge on any atom is -0.360 e. The molecule has 0 aliphatic heterocycles. The molecule has 3 rings (SSSR count). The van der Waals surface area contributed by atoms with Crippen LogP contribution in [0.4, 0.5) is 4.39 Å². The zero-order chi connectivity index (χ0) is 15.5. The third-order valence-corrected chi connectivity index (χ3v) is 4.68. The van der Waals surface area contributed by atoms with E-state index in [0.717, 1.165) is 27.8 Å². The van der Waals surface area contributed by atoms with Crippen LogP contribution in [0, 0.1) is 5.82 Å². The summed E-state index contributed by atoms with van der Waals surface area (Å²) in [5, 5.41) is 0.976. The van der Waals surface area contributed by atoms with Crippen molar-refractivity contribution in [1.82, 2.24) is 4.98 Å². The molecule has 0 aliphatic carbocycles. The quantitative estimate of drug-likeness (QED) is 0.540. The Morgan fingerprint density at radius 1 is 1.18 bits per heavy atom. The summed E-state index contributed by atoms with van der Waals surface area (Å²) in [6, 6.07) is 12.2. The molecule has 112 valence electrons. The lowest BCUT2D eigenvalue weighted by atomic mass is 10.1. The number of thioether (sulfide) groups is 1. The number of halogens is 1. The van der Waals surface area contributed by atoms with Crippen molar-refractivity contribution >= 4 is 28.4 Å². The van der Waals surface area contributed by atoms with E-state index in [2.05, 4.69) is 18.0 Å². The number of H-pyrrole nitrogens is 1. The predicted molar refractivity (Wildman–Crippen MR) is 89.1 cm³/mol. The Bertz CT molecular complexity index is 808. The van der Waals surface area contributed by atoms with Crippen LogP contribution in [-0.4, -0.2) is 16.5 Å². The zero-order valence-corrected chi connectivity index (χ0v) is 13.0. The largest absolute Gasteiger partial charge is 0.360 e. The van der Waals surface area contributed by atoms with Gasteiger partial charge in [0, 0.05) is 27.6 Å². The molecular formula is C18H16FNOS. The van der Waals surface area contributed by atoms with Gasteiger partial charge in [-0.05, 0) is 36.2 Å². The maximum Gasteiger partial charge on any atom is 0.175 e. The summed E-state index contributed by atoms with van der Waals surface area (Å²) in [5.74, 6) is 0.155. The number of aromatic nitrogens is 1. The summed E-state index contributed by atoms with van der Waals surface area (Å²) in [6.07, 6.45) is 2.72. The number of hydrogen-bond acceptors (Lipinski definition) is 2. The van der Waals surface area contributed by atoms with Crippen LogP contribution in [0.25, 0.3) is 10.9 Å². The molecule has 2 nitrogen and oxygen atoms in total. The zero-order valence-electron chi connectivity index (χ0n) is 12.2. The van der Waals surface area contributed by atoms with Gasteiger partial charge in [0.25, 0.3) is 0 Å². The molecule has 1 heterocycles. The minimum absolute atomic E-state index is 0.0776. The van der Waals surface area contributed by atoms with Crippen LogP contribution in [0.3, 0.4) is 0 Å². The lowest BCUT2D eigenvalue weighted by Crippen LogP contribution is -2.01. The number of nitrogens with one attached hydrogen (secondary N) is 1. The lowest BCUT2D eigenvalue weighted by molar-refractivity contribution is 0.102. The molecule has 3 aromatic rings. The molecule has 2 aromatic carbocycles. The molecule has 1 aromatic heterocycles. The van der Waals surface area contributed by atoms with Gasteiger partial charge >= 0.3 is 0 Å². The molecule has 1 N–H and O–H groups in total. The molecule has 22 heavy (non-hydrogen) atoms. The van der Waals surface area contributed by atoms with Crippen molar-refractivity contribution in [3.05, 3.63) is 65.6 Å². The molecule has 0 radical (unpaired) electrons. The van der Waals surface area contributed by atoms with Crippen LogP contribution >= 0.6 is 11.8 Å². The molecule has 0 spiro atoms. The van der Waals surface area contributed by atoms with Gasteiger partial charge in [0.05, 0.1) is 5.75 Å². The summed E-state index contributed by atoms with van der Waals surface area (Å²) in [5.41, 5.74) is 2.97. The summed E-state index contributed by atoms with van der Waals surface area (Å²) in [6.45, 7) is 2.10. The van der Waals surface area contributed by atoms with Crippen molar-refractivity contribution < 1.29 is 9.18 Å². The van der Waals surface area contributed by atoms with Gasteiger partial charge in [-0.2, -0.15) is 0 Å². The Morgan fingerprint density at radius 2 is 1.95 bits per heavy atom. The first-order chi connectivity index (χ1) is 10.7. The summed E-state index contributed by atoms with van der Waals surface area (Å²) < 4.78 is 12.9. The van der Waals surface area contributed by atoms with Gasteiger partial charge in [-0.1, -0.05) is 25.1 Å². The van der Waals surface area contributed by atoms with Crippen LogP contribution in [0.2, 0.25) is 0 Å². The van der Waals surface area contributed by atoms with E-state index in [-0.39, 0.29) is 11.6 Å². The second-order valence-corrected chi connectivity index (χ2v) is 6.11. The highest BCUT2D eigenvalue weighted by molar-refractivity contribution is 8.00. The number of benzene rings is 2. The molecule has 0 saturated carbocycles. The van der Waals surface area contributed by atoms with E-state index in [1.165, 1.54) is 29.5 Å². The smallest absolute Gasteiger partial charge is 0.175 e. The number of carbonyl (C=O) groups excluding carboxylic acids is 1. The van der Waals surface area contributed by atoms with Crippen molar-refractivity contribution in [2.24, 2.45) is 0 Å². The first kappa shape index (κ1) is 14.9. The standard InChI is InChI=1S/C18H16FNOS/c1-2-12-4-3-5-15-16(10-20-18(12)15)17(21)11-22-14-8-6-13(19)7-9-14/h3-10,20H,2,11H2,1H3. The van der Waals surface area contributed by atoms with Crippen LogP contribution < -0.4 is 0 Å². The number of aromatic amines is 1. The topological polar surface area (TPSA) is 32.9 Å². The molecule has 4 heteroatoms. The number of para-hydroxylation sites is 1. The van der Waals surface area contributed by atoms with Gasteiger partial charge in [-0.15, -0.1) is 11.8 Å². The number of fused-ring (bicyclic) bond motifs is 1. The summed E-state index contributed by atoms with van der Waals surface area (Å²) in [4.78, 5) is 16.6. The number of hydrogen-bond donors (Lipinski definition) is 1. The van der Waals surface area contributed by atoms with Crippen molar-refractivity contribution in [2.45, 2.75) is 18.2 Å². The average molecular weight is 313 g/mol. The Hall–Kier alpha value is -2.07. The third-order valence-electron chi connectivity index (χ3n) is 3.67. The molecule has 0 unspecified atom stereocenters. The van der Waals surface area contributed by atoms with Crippen LogP contribution in [0.1, 0.15) is 22.8 Å². The molecule has 0 bridgehead atoms. The monoisotopic (exact) mass is 313 g/mol. The highest BCUT2D eigenvalue weighted by atomic mass is 32.2. The normalized spacial score (nSPS) is 11.0. The first-order valence-corrected chi connectivity index (χ1v) is 8.18. The minimum atomic E-state index is -0.264. The first-order valence-electron chi connectivity index (χ1n) is 7.19. The number of carbonyl (C=O) groups is 1. The van der Waals surface area contributed by atoms with Gasteiger partial charge in [0.1, 0.15) is 5.82 Å². The maximum atomic E-state index is 12.9. The second-order valence-electron chi connectivity index (χ2n) is 5.06. The van der Waals surface area contributed by atoms with Gasteiger partial charge in [0.15, 0.2) is 5.78 Å². The van der Waals surface area contributed by atoms with E-state index in [4.69, 9.17) is 0 Å². The molecule has 0 aliphatic rings. The third kappa shape index (κ3) is 2.92. The van der Waals surface area contributed by atoms with E-state index in [1.807, 2.05) is 12.1 Å². The van der Waals surface area contributed by atoms with Gasteiger partial charge in [0.2, 0.25) is 0 Å². The predicted octanol–water partition coefficient (Wildman–Crippen LogP) is 4.84. The fraction of sp³-hybridized carbons (Fsp3) is 0.167. The van der Waals surface area contributed by atoms with Crippen LogP contribution in [0.15, 0.2) is 53.6 Å². The fourth-order valence-electron chi connectivity index (χ4n) is 2.50. The van der Waals surface area contributed by atoms with E-state index in [1.54, 1.807) is 18.3 Å². The van der Waals surface area contributed by atoms with Crippen LogP contribution in [0.5, 0.6) is 0 Å². The maximum absolute atomic E-state index is 12.9. The van der Waals surface area contributed by atoms with Crippen molar-refractivity contribution in [2.75, 3.05) is 5.75 Å². The van der Waals surface area contributed by atoms with E-state index < -0.39 is 0 Å². The Morgan fingerprint density at radius 3 is 2.68 bits per heavy atom. The number of Topliss-reactive ketones (excluding diaryl/α,β-unsaturated/α-hetero) is 1. The molecule has 0 saturated heterocycles. The fourth-order valence-corrected chi connectivity index (χ4v) is 3.28. The Balaban J connectivity index is 1.79. The van der Waals surface area contributed by atoms with Gasteiger partial charge in [-0.25, -0.2) is 4.39 Å². The second kappa shape index (κ2) is 6.36. The van der Waals surface area contributed by atoms with E-state index in [9.17, 15) is 9.18 Å². The molecular weight excluding hydrogens is 297 g/mol. The van der Waals surface area contributed by atoms with E-state index in [0.29, 0.717) is 5.75 Å². The van der Waals surface area contributed by atoms with Gasteiger partial charge in [-0.3, -0.25) is 4.79 Å². The Kier molecular flexibility index (Phi) is 4.29. The molecule has 0 amide bonds. The summed E-state index contributed by atoms with van der Waals surface area (Å²) in [7, 11) is 0. The van der Waals surface area contributed by atoms with Crippen molar-refractivity contribution in [3.8, 4) is 0 Å². The summed E-state index contributed by atoms with van der Waals surface area (Å²) >= 11 is 1.42. The Labute approximate surface area is 132 Å². The number of rotatable bonds is 5. The molecule has 0 fully saturated rings.